The molecule has 0 aliphatic carbocycles. The SMILES string of the molecule is COc1nc(C)c(C)nc1NC(=O)N1CCN(c2ccc(C(C)=O)cc2)CC1. The van der Waals surface area contributed by atoms with Crippen LogP contribution >= 0.6 is 0 Å². The summed E-state index contributed by atoms with van der Waals surface area (Å²) in [7, 11) is 1.50. The van der Waals surface area contributed by atoms with Crippen LogP contribution in [0.2, 0.25) is 0 Å². The van der Waals surface area contributed by atoms with Gasteiger partial charge < -0.3 is 14.5 Å². The Morgan fingerprint density at radius 3 is 2.18 bits per heavy atom. The molecule has 0 atom stereocenters. The molecule has 28 heavy (non-hydrogen) atoms. The lowest BCUT2D eigenvalue weighted by atomic mass is 10.1. The van der Waals surface area contributed by atoms with E-state index in [0.717, 1.165) is 17.1 Å². The Hall–Kier alpha value is -3.16. The van der Waals surface area contributed by atoms with Gasteiger partial charge in [0.2, 0.25) is 0 Å². The quantitative estimate of drug-likeness (QED) is 0.817. The predicted octanol–water partition coefficient (Wildman–Crippen LogP) is 2.66. The van der Waals surface area contributed by atoms with Crippen LogP contribution in [0.15, 0.2) is 24.3 Å². The fourth-order valence-electron chi connectivity index (χ4n) is 3.06. The predicted molar refractivity (Wildman–Crippen MR) is 107 cm³/mol. The largest absolute Gasteiger partial charge is 0.478 e. The highest BCUT2D eigenvalue weighted by Crippen LogP contribution is 2.22. The molecule has 2 aromatic rings. The van der Waals surface area contributed by atoms with E-state index in [0.29, 0.717) is 43.4 Å². The number of Topliss-reactive ketones (excluding diaryl/α,β-unsaturated/α-hetero) is 1. The first kappa shape index (κ1) is 19.6. The number of amides is 2. The summed E-state index contributed by atoms with van der Waals surface area (Å²) in [5.41, 5.74) is 3.26. The number of rotatable bonds is 4. The Labute approximate surface area is 164 Å². The Balaban J connectivity index is 1.61. The number of nitrogens with zero attached hydrogens (tertiary/aromatic N) is 4. The number of methoxy groups -OCH3 is 1. The van der Waals surface area contributed by atoms with Gasteiger partial charge >= 0.3 is 6.03 Å². The molecule has 1 fully saturated rings. The molecule has 148 valence electrons. The van der Waals surface area contributed by atoms with E-state index >= 15 is 0 Å². The van der Waals surface area contributed by atoms with Gasteiger partial charge in [-0.15, -0.1) is 0 Å². The summed E-state index contributed by atoms with van der Waals surface area (Å²) in [6, 6.07) is 7.34. The number of aryl methyl sites for hydroxylation is 2. The molecular formula is C20H25N5O3. The van der Waals surface area contributed by atoms with Gasteiger partial charge in [0.25, 0.3) is 5.88 Å². The number of nitrogens with one attached hydrogen (secondary N) is 1. The topological polar surface area (TPSA) is 87.7 Å². The van der Waals surface area contributed by atoms with E-state index in [1.54, 1.807) is 11.8 Å². The number of carbonyl (C=O) groups is 2. The maximum atomic E-state index is 12.6. The van der Waals surface area contributed by atoms with E-state index in [1.807, 2.05) is 38.1 Å². The van der Waals surface area contributed by atoms with E-state index in [-0.39, 0.29) is 11.8 Å². The average molecular weight is 383 g/mol. The molecule has 1 N–H and O–H groups in total. The summed E-state index contributed by atoms with van der Waals surface area (Å²) in [6.07, 6.45) is 0. The van der Waals surface area contributed by atoms with Crippen LogP contribution < -0.4 is 15.0 Å². The van der Waals surface area contributed by atoms with Gasteiger partial charge in [-0.3, -0.25) is 10.1 Å². The van der Waals surface area contributed by atoms with Crippen molar-refractivity contribution in [2.75, 3.05) is 43.5 Å². The molecule has 3 rings (SSSR count). The van der Waals surface area contributed by atoms with Crippen LogP contribution in [0.3, 0.4) is 0 Å². The summed E-state index contributed by atoms with van der Waals surface area (Å²) >= 11 is 0. The highest BCUT2D eigenvalue weighted by atomic mass is 16.5. The molecule has 0 unspecified atom stereocenters. The molecular weight excluding hydrogens is 358 g/mol. The van der Waals surface area contributed by atoms with Crippen LogP contribution in [0.25, 0.3) is 0 Å². The minimum absolute atomic E-state index is 0.0536. The molecule has 1 aromatic carbocycles. The number of aromatic nitrogens is 2. The zero-order chi connectivity index (χ0) is 20.3. The third-order valence-electron chi connectivity index (χ3n) is 4.90. The Morgan fingerprint density at radius 1 is 1.00 bits per heavy atom. The van der Waals surface area contributed by atoms with E-state index < -0.39 is 0 Å². The molecule has 1 aliphatic rings. The second kappa shape index (κ2) is 8.24. The molecule has 0 spiro atoms. The van der Waals surface area contributed by atoms with Crippen LogP contribution in [0, 0.1) is 13.8 Å². The summed E-state index contributed by atoms with van der Waals surface area (Å²) < 4.78 is 5.23. The minimum Gasteiger partial charge on any atom is -0.478 e. The van der Waals surface area contributed by atoms with Crippen molar-refractivity contribution in [2.24, 2.45) is 0 Å². The lowest BCUT2D eigenvalue weighted by Gasteiger charge is -2.36. The molecule has 0 bridgehead atoms. The van der Waals surface area contributed by atoms with E-state index in [4.69, 9.17) is 4.74 Å². The van der Waals surface area contributed by atoms with Crippen molar-refractivity contribution < 1.29 is 14.3 Å². The van der Waals surface area contributed by atoms with Crippen LogP contribution in [-0.2, 0) is 0 Å². The van der Waals surface area contributed by atoms with E-state index in [9.17, 15) is 9.59 Å². The third kappa shape index (κ3) is 4.21. The molecule has 2 heterocycles. The maximum Gasteiger partial charge on any atom is 0.323 e. The van der Waals surface area contributed by atoms with Gasteiger partial charge in [0.05, 0.1) is 18.5 Å². The smallest absolute Gasteiger partial charge is 0.323 e. The number of piperazine rings is 1. The number of hydrogen-bond donors (Lipinski definition) is 1. The lowest BCUT2D eigenvalue weighted by Crippen LogP contribution is -2.50. The first-order chi connectivity index (χ1) is 13.4. The molecule has 1 aliphatic heterocycles. The second-order valence-corrected chi connectivity index (χ2v) is 6.76. The summed E-state index contributed by atoms with van der Waals surface area (Å²) in [6.45, 7) is 7.83. The molecule has 0 radical (unpaired) electrons. The van der Waals surface area contributed by atoms with Gasteiger partial charge in [-0.05, 0) is 45.0 Å². The Bertz CT molecular complexity index is 874. The fraction of sp³-hybridized carbons (Fsp3) is 0.400. The van der Waals surface area contributed by atoms with Crippen molar-refractivity contribution in [1.82, 2.24) is 14.9 Å². The van der Waals surface area contributed by atoms with Crippen LogP contribution in [0.4, 0.5) is 16.3 Å². The van der Waals surface area contributed by atoms with Crippen LogP contribution in [0.1, 0.15) is 28.7 Å². The molecule has 1 saturated heterocycles. The Morgan fingerprint density at radius 2 is 1.61 bits per heavy atom. The first-order valence-electron chi connectivity index (χ1n) is 9.20. The van der Waals surface area contributed by atoms with Gasteiger partial charge in [0, 0.05) is 37.4 Å². The molecule has 8 nitrogen and oxygen atoms in total. The van der Waals surface area contributed by atoms with E-state index in [1.165, 1.54) is 7.11 Å². The van der Waals surface area contributed by atoms with E-state index in [2.05, 4.69) is 20.2 Å². The number of ether oxygens (including phenoxy) is 1. The minimum atomic E-state index is -0.220. The zero-order valence-electron chi connectivity index (χ0n) is 16.7. The number of ketones is 1. The van der Waals surface area contributed by atoms with Gasteiger partial charge in [-0.2, -0.15) is 0 Å². The first-order valence-corrected chi connectivity index (χ1v) is 9.20. The van der Waals surface area contributed by atoms with Crippen molar-refractivity contribution in [3.8, 4) is 5.88 Å². The molecule has 1 aromatic heterocycles. The standard InChI is InChI=1S/C20H25N5O3/c1-13-14(2)22-19(28-4)18(21-13)23-20(27)25-11-9-24(10-12-25)17-7-5-16(6-8-17)15(3)26/h5-8H,9-12H2,1-4H3,(H,21,23,27). The highest BCUT2D eigenvalue weighted by Gasteiger charge is 2.23. The second-order valence-electron chi connectivity index (χ2n) is 6.76. The number of hydrogen-bond acceptors (Lipinski definition) is 6. The lowest BCUT2D eigenvalue weighted by molar-refractivity contribution is 0.101. The number of carbonyl (C=O) groups excluding carboxylic acids is 2. The van der Waals surface area contributed by atoms with Crippen LogP contribution in [-0.4, -0.2) is 60.0 Å². The van der Waals surface area contributed by atoms with Crippen molar-refractivity contribution >= 4 is 23.3 Å². The number of urea groups is 1. The van der Waals surface area contributed by atoms with Crippen molar-refractivity contribution in [1.29, 1.82) is 0 Å². The summed E-state index contributed by atoms with van der Waals surface area (Å²) in [4.78, 5) is 36.7. The molecule has 2 amide bonds. The van der Waals surface area contributed by atoms with Gasteiger partial charge in [0.1, 0.15) is 0 Å². The van der Waals surface area contributed by atoms with Crippen molar-refractivity contribution in [2.45, 2.75) is 20.8 Å². The average Bonchev–Trinajstić information content (AvgIpc) is 2.70. The summed E-state index contributed by atoms with van der Waals surface area (Å²) in [5, 5.41) is 2.81. The van der Waals surface area contributed by atoms with Crippen molar-refractivity contribution in [3.05, 3.63) is 41.2 Å². The zero-order valence-corrected chi connectivity index (χ0v) is 16.7. The van der Waals surface area contributed by atoms with Gasteiger partial charge in [-0.1, -0.05) is 0 Å². The number of anilines is 2. The summed E-state index contributed by atoms with van der Waals surface area (Å²) in [5.74, 6) is 0.691. The molecule has 8 heteroatoms. The number of benzene rings is 1. The van der Waals surface area contributed by atoms with Gasteiger partial charge in [-0.25, -0.2) is 14.8 Å². The third-order valence-corrected chi connectivity index (χ3v) is 4.90. The van der Waals surface area contributed by atoms with Crippen molar-refractivity contribution in [3.63, 3.8) is 0 Å². The normalized spacial score (nSPS) is 14.0. The Kier molecular flexibility index (Phi) is 5.77. The highest BCUT2D eigenvalue weighted by molar-refractivity contribution is 5.94. The van der Waals surface area contributed by atoms with Gasteiger partial charge in [0.15, 0.2) is 11.6 Å². The maximum absolute atomic E-state index is 12.6. The fourth-order valence-corrected chi connectivity index (χ4v) is 3.06. The molecule has 0 saturated carbocycles. The monoisotopic (exact) mass is 383 g/mol. The van der Waals surface area contributed by atoms with Crippen LogP contribution in [0.5, 0.6) is 5.88 Å².